The summed E-state index contributed by atoms with van der Waals surface area (Å²) in [5, 5.41) is 5.19. The lowest BCUT2D eigenvalue weighted by atomic mass is 10.1. The minimum atomic E-state index is -4.31. The lowest BCUT2D eigenvalue weighted by Crippen LogP contribution is -2.40. The number of amides is 2. The van der Waals surface area contributed by atoms with E-state index in [-0.39, 0.29) is 29.6 Å². The number of ether oxygens (including phenoxy) is 1. The van der Waals surface area contributed by atoms with Crippen molar-refractivity contribution in [3.05, 3.63) is 29.8 Å². The van der Waals surface area contributed by atoms with Crippen LogP contribution >= 0.6 is 0 Å². The molecule has 1 aliphatic rings. The van der Waals surface area contributed by atoms with Crippen LogP contribution in [0.25, 0.3) is 0 Å². The highest BCUT2D eigenvalue weighted by molar-refractivity contribution is 5.89. The average Bonchev–Trinajstić information content (AvgIpc) is 3.29. The molecular weight excluding hydrogens is 325 g/mol. The summed E-state index contributed by atoms with van der Waals surface area (Å²) >= 11 is 0. The number of alkyl halides is 3. The molecule has 1 fully saturated rings. The van der Waals surface area contributed by atoms with Crippen LogP contribution in [0.15, 0.2) is 24.3 Å². The molecule has 1 aromatic carbocycles. The molecule has 1 aliphatic carbocycles. The van der Waals surface area contributed by atoms with Crippen molar-refractivity contribution >= 4 is 17.7 Å². The number of urea groups is 1. The van der Waals surface area contributed by atoms with Gasteiger partial charge in [0.25, 0.3) is 0 Å². The summed E-state index contributed by atoms with van der Waals surface area (Å²) in [7, 11) is 1.28. The maximum Gasteiger partial charge on any atom is 0.393 e. The molecule has 2 amide bonds. The Labute approximate surface area is 137 Å². The first-order valence-electron chi connectivity index (χ1n) is 7.57. The third-order valence-corrected chi connectivity index (χ3v) is 3.71. The maximum absolute atomic E-state index is 12.4. The van der Waals surface area contributed by atoms with Gasteiger partial charge in [0.2, 0.25) is 0 Å². The van der Waals surface area contributed by atoms with Crippen molar-refractivity contribution in [1.29, 1.82) is 0 Å². The van der Waals surface area contributed by atoms with Crippen LogP contribution in [-0.2, 0) is 16.0 Å². The highest BCUT2D eigenvalue weighted by atomic mass is 19.4. The second kappa shape index (κ2) is 7.55. The highest BCUT2D eigenvalue weighted by Gasteiger charge is 2.34. The van der Waals surface area contributed by atoms with E-state index in [4.69, 9.17) is 0 Å². The Balaban J connectivity index is 1.93. The first-order valence-corrected chi connectivity index (χ1v) is 7.57. The van der Waals surface area contributed by atoms with E-state index in [2.05, 4.69) is 15.4 Å². The quantitative estimate of drug-likeness (QED) is 0.779. The zero-order valence-corrected chi connectivity index (χ0v) is 13.2. The summed E-state index contributed by atoms with van der Waals surface area (Å²) in [6.45, 7) is 0. The molecule has 0 saturated heterocycles. The van der Waals surface area contributed by atoms with Gasteiger partial charge in [0.15, 0.2) is 0 Å². The molecule has 132 valence electrons. The summed E-state index contributed by atoms with van der Waals surface area (Å²) in [5.41, 5.74) is 0.329. The predicted molar refractivity (Wildman–Crippen MR) is 81.5 cm³/mol. The van der Waals surface area contributed by atoms with Crippen LogP contribution in [0.5, 0.6) is 0 Å². The fourth-order valence-corrected chi connectivity index (χ4v) is 2.42. The van der Waals surface area contributed by atoms with Crippen LogP contribution in [0, 0.1) is 5.92 Å². The van der Waals surface area contributed by atoms with Crippen LogP contribution in [0.3, 0.4) is 0 Å². The molecule has 0 bridgehead atoms. The fourth-order valence-electron chi connectivity index (χ4n) is 2.42. The van der Waals surface area contributed by atoms with Gasteiger partial charge in [-0.25, -0.2) is 4.79 Å². The first kappa shape index (κ1) is 18.1. The number of nitrogens with one attached hydrogen (secondary N) is 2. The molecule has 0 aliphatic heterocycles. The topological polar surface area (TPSA) is 67.4 Å². The van der Waals surface area contributed by atoms with Gasteiger partial charge in [-0.2, -0.15) is 13.2 Å². The zero-order valence-electron chi connectivity index (χ0n) is 13.2. The van der Waals surface area contributed by atoms with E-state index in [9.17, 15) is 22.8 Å². The second-order valence-electron chi connectivity index (χ2n) is 5.81. The summed E-state index contributed by atoms with van der Waals surface area (Å²) in [6.07, 6.45) is -3.45. The lowest BCUT2D eigenvalue weighted by molar-refractivity contribution is -0.141. The molecule has 0 spiro atoms. The molecule has 5 nitrogen and oxygen atoms in total. The number of carbonyl (C=O) groups excluding carboxylic acids is 2. The summed E-state index contributed by atoms with van der Waals surface area (Å²) in [4.78, 5) is 23.4. The molecule has 24 heavy (non-hydrogen) atoms. The van der Waals surface area contributed by atoms with Crippen LogP contribution in [0.4, 0.5) is 23.7 Å². The lowest BCUT2D eigenvalue weighted by Gasteiger charge is -2.18. The molecule has 1 aromatic rings. The summed E-state index contributed by atoms with van der Waals surface area (Å²) < 4.78 is 41.8. The number of esters is 1. The van der Waals surface area contributed by atoms with E-state index in [0.717, 1.165) is 12.8 Å². The van der Waals surface area contributed by atoms with Gasteiger partial charge in [-0.1, -0.05) is 12.1 Å². The normalized spacial score (nSPS) is 15.5. The van der Waals surface area contributed by atoms with Crippen molar-refractivity contribution in [2.24, 2.45) is 5.92 Å². The smallest absolute Gasteiger partial charge is 0.393 e. The van der Waals surface area contributed by atoms with E-state index >= 15 is 0 Å². The van der Waals surface area contributed by atoms with Gasteiger partial charge < -0.3 is 15.4 Å². The molecular formula is C16H19F3N2O3. The Morgan fingerprint density at radius 2 is 2.04 bits per heavy atom. The van der Waals surface area contributed by atoms with Crippen molar-refractivity contribution in [3.8, 4) is 0 Å². The highest BCUT2D eigenvalue weighted by Crippen LogP contribution is 2.34. The second-order valence-corrected chi connectivity index (χ2v) is 5.81. The van der Waals surface area contributed by atoms with Crippen LogP contribution in [-0.4, -0.2) is 31.3 Å². The standard InChI is InChI=1S/C16H19F3N2O3/c1-24-14(22)8-13(11-5-6-11)21-15(23)20-12-4-2-3-10(7-12)9-16(17,18)19/h2-4,7,11,13H,5-6,8-9H2,1H3,(H2,20,21,23)/t13-/m0/s1. The first-order chi connectivity index (χ1) is 11.3. The van der Waals surface area contributed by atoms with Gasteiger partial charge in [0, 0.05) is 11.7 Å². The van der Waals surface area contributed by atoms with Crippen molar-refractivity contribution in [3.63, 3.8) is 0 Å². The third-order valence-electron chi connectivity index (χ3n) is 3.71. The average molecular weight is 344 g/mol. The fraction of sp³-hybridized carbons (Fsp3) is 0.500. The molecule has 2 rings (SSSR count). The number of halogens is 3. The number of benzene rings is 1. The largest absolute Gasteiger partial charge is 0.469 e. The zero-order chi connectivity index (χ0) is 17.7. The van der Waals surface area contributed by atoms with Gasteiger partial charge in [-0.15, -0.1) is 0 Å². The SMILES string of the molecule is COC(=O)C[C@H](NC(=O)Nc1cccc(CC(F)(F)F)c1)C1CC1. The molecule has 8 heteroatoms. The number of methoxy groups -OCH3 is 1. The van der Waals surface area contributed by atoms with Crippen molar-refractivity contribution in [2.45, 2.75) is 37.9 Å². The molecule has 2 N–H and O–H groups in total. The molecule has 0 aromatic heterocycles. The number of rotatable bonds is 6. The van der Waals surface area contributed by atoms with Gasteiger partial charge in [-0.05, 0) is 36.5 Å². The number of hydrogen-bond donors (Lipinski definition) is 2. The van der Waals surface area contributed by atoms with Crippen LogP contribution in [0.2, 0.25) is 0 Å². The number of anilines is 1. The Morgan fingerprint density at radius 1 is 1.33 bits per heavy atom. The van der Waals surface area contributed by atoms with Crippen molar-refractivity contribution < 1.29 is 27.5 Å². The molecule has 0 unspecified atom stereocenters. The Kier molecular flexibility index (Phi) is 5.69. The molecule has 0 radical (unpaired) electrons. The van der Waals surface area contributed by atoms with Crippen LogP contribution < -0.4 is 10.6 Å². The molecule has 0 heterocycles. The summed E-state index contributed by atoms with van der Waals surface area (Å²) in [5.74, 6) is -0.189. The van der Waals surface area contributed by atoms with E-state index in [1.165, 1.54) is 31.4 Å². The monoisotopic (exact) mass is 344 g/mol. The Hall–Kier alpha value is -2.25. The Bertz CT molecular complexity index is 600. The van der Waals surface area contributed by atoms with Gasteiger partial charge in [-0.3, -0.25) is 4.79 Å². The van der Waals surface area contributed by atoms with Crippen molar-refractivity contribution in [2.75, 3.05) is 12.4 Å². The minimum absolute atomic E-state index is 0.0635. The maximum atomic E-state index is 12.4. The van der Waals surface area contributed by atoms with Crippen LogP contribution in [0.1, 0.15) is 24.8 Å². The predicted octanol–water partition coefficient (Wildman–Crippen LogP) is 3.25. The minimum Gasteiger partial charge on any atom is -0.469 e. The number of carbonyl (C=O) groups is 2. The van der Waals surface area contributed by atoms with E-state index in [1.54, 1.807) is 0 Å². The third kappa shape index (κ3) is 6.10. The van der Waals surface area contributed by atoms with Gasteiger partial charge in [0.1, 0.15) is 0 Å². The van der Waals surface area contributed by atoms with E-state index < -0.39 is 24.6 Å². The summed E-state index contributed by atoms with van der Waals surface area (Å²) in [6, 6.07) is 4.69. The van der Waals surface area contributed by atoms with E-state index in [0.29, 0.717) is 0 Å². The Morgan fingerprint density at radius 3 is 2.62 bits per heavy atom. The van der Waals surface area contributed by atoms with Gasteiger partial charge in [0.05, 0.1) is 20.0 Å². The van der Waals surface area contributed by atoms with Gasteiger partial charge >= 0.3 is 18.2 Å². The molecule has 1 saturated carbocycles. The number of hydrogen-bond acceptors (Lipinski definition) is 3. The van der Waals surface area contributed by atoms with Crippen molar-refractivity contribution in [1.82, 2.24) is 5.32 Å². The molecule has 1 atom stereocenters. The van der Waals surface area contributed by atoms with E-state index in [1.807, 2.05) is 0 Å².